The molecule has 0 aliphatic carbocycles. The predicted octanol–water partition coefficient (Wildman–Crippen LogP) is 1.11. The van der Waals surface area contributed by atoms with Gasteiger partial charge in [-0.1, -0.05) is 0 Å². The molecule has 9 nitrogen and oxygen atoms in total. The van der Waals surface area contributed by atoms with Crippen molar-refractivity contribution in [3.05, 3.63) is 36.2 Å². The molecule has 2 aliphatic heterocycles. The van der Waals surface area contributed by atoms with Gasteiger partial charge in [-0.15, -0.1) is 0 Å². The van der Waals surface area contributed by atoms with Gasteiger partial charge in [0.05, 0.1) is 23.6 Å². The van der Waals surface area contributed by atoms with E-state index in [0.717, 1.165) is 17.8 Å². The summed E-state index contributed by atoms with van der Waals surface area (Å²) in [4.78, 5) is 37.3. The molecule has 4 rings (SSSR count). The zero-order chi connectivity index (χ0) is 20.4. The Morgan fingerprint density at radius 1 is 1.28 bits per heavy atom. The number of nitrogens with zero attached hydrogens (tertiary/aromatic N) is 5. The Labute approximate surface area is 170 Å². The molecule has 0 aromatic carbocycles. The number of carbonyl (C=O) groups excluding carboxylic acids is 2. The number of hydrogen-bond acceptors (Lipinski definition) is 5. The minimum atomic E-state index is -0.465. The molecule has 2 aliphatic rings. The largest absolute Gasteiger partial charge is 0.375 e. The first kappa shape index (κ1) is 19.6. The van der Waals surface area contributed by atoms with Crippen molar-refractivity contribution >= 4 is 11.8 Å². The monoisotopic (exact) mass is 400 g/mol. The van der Waals surface area contributed by atoms with Crippen LogP contribution in [0.2, 0.25) is 0 Å². The maximum Gasteiger partial charge on any atom is 0.249 e. The Kier molecular flexibility index (Phi) is 5.40. The molecule has 0 saturated carbocycles. The number of ether oxygens (including phenoxy) is 1. The zero-order valence-corrected chi connectivity index (χ0v) is 17.0. The summed E-state index contributed by atoms with van der Waals surface area (Å²) in [7, 11) is 1.54. The fraction of sp³-hybridized carbons (Fsp3) is 0.600. The van der Waals surface area contributed by atoms with E-state index < -0.39 is 5.54 Å². The van der Waals surface area contributed by atoms with Gasteiger partial charge in [-0.05, 0) is 25.8 Å². The molecule has 2 aromatic rings. The molecule has 4 heterocycles. The Morgan fingerprint density at radius 2 is 2.07 bits per heavy atom. The first-order chi connectivity index (χ1) is 14.0. The first-order valence-electron chi connectivity index (χ1n) is 10.1. The standard InChI is InChI=1S/C20H28N6O3/c1-15(26-8-3-7-23-26)12-17(27)24-10-5-20(6-11-24)19-16(21-14-22-19)4-9-25(20)18(28)13-29-2/h3,7-8,14-15H,4-6,9-13H2,1-2H3,(H,21,22)/t15-/m1/s1. The van der Waals surface area contributed by atoms with E-state index in [-0.39, 0.29) is 24.5 Å². The van der Waals surface area contributed by atoms with Gasteiger partial charge in [0.2, 0.25) is 11.8 Å². The van der Waals surface area contributed by atoms with Crippen LogP contribution in [0.3, 0.4) is 0 Å². The first-order valence-corrected chi connectivity index (χ1v) is 10.1. The minimum Gasteiger partial charge on any atom is -0.375 e. The number of rotatable bonds is 5. The predicted molar refractivity (Wildman–Crippen MR) is 105 cm³/mol. The minimum absolute atomic E-state index is 0.0146. The number of imidazole rings is 1. The second-order valence-corrected chi connectivity index (χ2v) is 7.91. The molecule has 0 radical (unpaired) electrons. The van der Waals surface area contributed by atoms with Gasteiger partial charge in [0.25, 0.3) is 0 Å². The van der Waals surface area contributed by atoms with Crippen molar-refractivity contribution in [3.8, 4) is 0 Å². The number of amides is 2. The molecule has 0 unspecified atom stereocenters. The molecular weight excluding hydrogens is 372 g/mol. The van der Waals surface area contributed by atoms with Crippen molar-refractivity contribution in [1.29, 1.82) is 0 Å². The van der Waals surface area contributed by atoms with Crippen molar-refractivity contribution in [3.63, 3.8) is 0 Å². The summed E-state index contributed by atoms with van der Waals surface area (Å²) in [5, 5.41) is 4.23. The van der Waals surface area contributed by atoms with Gasteiger partial charge in [-0.2, -0.15) is 5.10 Å². The van der Waals surface area contributed by atoms with Crippen LogP contribution >= 0.6 is 0 Å². The van der Waals surface area contributed by atoms with Crippen LogP contribution in [0, 0.1) is 0 Å². The van der Waals surface area contributed by atoms with Crippen LogP contribution in [0.5, 0.6) is 0 Å². The Bertz CT molecular complexity index is 853. The van der Waals surface area contributed by atoms with Gasteiger partial charge >= 0.3 is 0 Å². The summed E-state index contributed by atoms with van der Waals surface area (Å²) in [6, 6.07) is 1.88. The van der Waals surface area contributed by atoms with Crippen LogP contribution in [0.4, 0.5) is 0 Å². The number of aromatic amines is 1. The fourth-order valence-corrected chi connectivity index (χ4v) is 4.69. The highest BCUT2D eigenvalue weighted by atomic mass is 16.5. The number of piperidine rings is 1. The molecule has 1 spiro atoms. The third-order valence-corrected chi connectivity index (χ3v) is 6.22. The highest BCUT2D eigenvalue weighted by Gasteiger charge is 2.49. The number of fused-ring (bicyclic) bond motifs is 2. The molecule has 29 heavy (non-hydrogen) atoms. The molecule has 1 atom stereocenters. The van der Waals surface area contributed by atoms with Crippen molar-refractivity contribution < 1.29 is 14.3 Å². The van der Waals surface area contributed by atoms with Crippen LogP contribution < -0.4 is 0 Å². The number of hydrogen-bond donors (Lipinski definition) is 1. The second kappa shape index (κ2) is 7.98. The van der Waals surface area contributed by atoms with E-state index in [9.17, 15) is 9.59 Å². The molecule has 9 heteroatoms. The van der Waals surface area contributed by atoms with E-state index in [1.807, 2.05) is 33.7 Å². The van der Waals surface area contributed by atoms with Gasteiger partial charge in [0, 0.05) is 57.7 Å². The number of nitrogens with one attached hydrogen (secondary N) is 1. The maximum absolute atomic E-state index is 12.9. The molecule has 2 aromatic heterocycles. The lowest BCUT2D eigenvalue weighted by atomic mass is 9.78. The quantitative estimate of drug-likeness (QED) is 0.811. The van der Waals surface area contributed by atoms with Crippen LogP contribution in [0.25, 0.3) is 0 Å². The van der Waals surface area contributed by atoms with E-state index in [2.05, 4.69) is 15.1 Å². The molecule has 0 bridgehead atoms. The smallest absolute Gasteiger partial charge is 0.249 e. The molecule has 1 saturated heterocycles. The summed E-state index contributed by atoms with van der Waals surface area (Å²) in [5.74, 6) is 0.101. The normalized spacial score (nSPS) is 19.2. The van der Waals surface area contributed by atoms with Crippen LogP contribution in [0.15, 0.2) is 24.8 Å². The maximum atomic E-state index is 12.9. The van der Waals surface area contributed by atoms with Gasteiger partial charge in [-0.3, -0.25) is 14.3 Å². The van der Waals surface area contributed by atoms with Crippen molar-refractivity contribution in [2.24, 2.45) is 0 Å². The van der Waals surface area contributed by atoms with Gasteiger partial charge in [-0.25, -0.2) is 4.98 Å². The third kappa shape index (κ3) is 3.55. The molecular formula is C20H28N6O3. The van der Waals surface area contributed by atoms with Crippen LogP contribution in [0.1, 0.15) is 43.6 Å². The average Bonchev–Trinajstić information content (AvgIpc) is 3.41. The lowest BCUT2D eigenvalue weighted by Gasteiger charge is -2.50. The molecule has 1 fully saturated rings. The SMILES string of the molecule is COCC(=O)N1CCc2[nH]cnc2C12CCN(C(=O)C[C@@H](C)n1cccn1)CC2. The summed E-state index contributed by atoms with van der Waals surface area (Å²) < 4.78 is 6.92. The van der Waals surface area contributed by atoms with Crippen molar-refractivity contribution in [2.45, 2.75) is 44.2 Å². The lowest BCUT2D eigenvalue weighted by molar-refractivity contribution is -0.148. The number of H-pyrrole nitrogens is 1. The molecule has 2 amide bonds. The third-order valence-electron chi connectivity index (χ3n) is 6.22. The van der Waals surface area contributed by atoms with E-state index in [1.165, 1.54) is 7.11 Å². The van der Waals surface area contributed by atoms with E-state index in [0.29, 0.717) is 38.9 Å². The zero-order valence-electron chi connectivity index (χ0n) is 17.0. The molecule has 1 N–H and O–H groups in total. The topological polar surface area (TPSA) is 96.4 Å². The number of aromatic nitrogens is 4. The Morgan fingerprint density at radius 3 is 2.76 bits per heavy atom. The lowest BCUT2D eigenvalue weighted by Crippen LogP contribution is -2.59. The summed E-state index contributed by atoms with van der Waals surface area (Å²) in [5.41, 5.74) is 1.58. The highest BCUT2D eigenvalue weighted by molar-refractivity contribution is 5.79. The number of methoxy groups -OCH3 is 1. The van der Waals surface area contributed by atoms with E-state index in [1.54, 1.807) is 12.5 Å². The van der Waals surface area contributed by atoms with Gasteiger partial charge in [0.1, 0.15) is 6.61 Å². The fourth-order valence-electron chi connectivity index (χ4n) is 4.69. The summed E-state index contributed by atoms with van der Waals surface area (Å²) in [6.07, 6.45) is 7.85. The van der Waals surface area contributed by atoms with Crippen LogP contribution in [-0.4, -0.2) is 74.7 Å². The van der Waals surface area contributed by atoms with Crippen molar-refractivity contribution in [2.75, 3.05) is 33.4 Å². The highest BCUT2D eigenvalue weighted by Crippen LogP contribution is 2.42. The number of likely N-dealkylation sites (tertiary alicyclic amines) is 1. The van der Waals surface area contributed by atoms with Gasteiger partial charge in [0.15, 0.2) is 0 Å². The summed E-state index contributed by atoms with van der Waals surface area (Å²) in [6.45, 7) is 3.91. The second-order valence-electron chi connectivity index (χ2n) is 7.91. The Hall–Kier alpha value is -2.68. The average molecular weight is 400 g/mol. The Balaban J connectivity index is 1.48. The van der Waals surface area contributed by atoms with E-state index >= 15 is 0 Å². The van der Waals surface area contributed by atoms with Gasteiger partial charge < -0.3 is 19.5 Å². The van der Waals surface area contributed by atoms with Crippen molar-refractivity contribution in [1.82, 2.24) is 29.5 Å². The van der Waals surface area contributed by atoms with E-state index in [4.69, 9.17) is 4.74 Å². The summed E-state index contributed by atoms with van der Waals surface area (Å²) >= 11 is 0. The number of carbonyl (C=O) groups is 2. The van der Waals surface area contributed by atoms with Crippen LogP contribution in [-0.2, 0) is 26.3 Å². The molecule has 156 valence electrons.